The Kier molecular flexibility index (Phi) is 4.15. The Balaban J connectivity index is 2.36. The first-order valence-electron chi connectivity index (χ1n) is 5.44. The molecule has 2 aromatic rings. The average Bonchev–Trinajstić information content (AvgIpc) is 2.77. The summed E-state index contributed by atoms with van der Waals surface area (Å²) < 4.78 is 0. The van der Waals surface area contributed by atoms with Crippen molar-refractivity contribution in [1.29, 1.82) is 0 Å². The van der Waals surface area contributed by atoms with Crippen molar-refractivity contribution in [2.75, 3.05) is 14.1 Å². The Morgan fingerprint density at radius 1 is 1.29 bits per heavy atom. The maximum absolute atomic E-state index is 5.79. The molecule has 2 rings (SSSR count). The maximum Gasteiger partial charge on any atom is 0.123 e. The van der Waals surface area contributed by atoms with Gasteiger partial charge in [-0.1, -0.05) is 24.3 Å². The van der Waals surface area contributed by atoms with Crippen LogP contribution in [0.4, 0.5) is 0 Å². The summed E-state index contributed by atoms with van der Waals surface area (Å²) in [7, 11) is 4.14. The fraction of sp³-hybridized carbons (Fsp3) is 0.308. The van der Waals surface area contributed by atoms with Gasteiger partial charge in [0, 0.05) is 17.5 Å². The molecule has 0 saturated carbocycles. The minimum atomic E-state index is 0.479. The van der Waals surface area contributed by atoms with Crippen molar-refractivity contribution in [1.82, 2.24) is 9.88 Å². The Hall–Kier alpha value is -0.900. The Morgan fingerprint density at radius 3 is 2.71 bits per heavy atom. The van der Waals surface area contributed by atoms with Crippen LogP contribution in [0.1, 0.15) is 11.3 Å². The summed E-state index contributed by atoms with van der Waals surface area (Å²) in [6.07, 6.45) is 0. The Labute approximate surface area is 111 Å². The topological polar surface area (TPSA) is 16.1 Å². The zero-order valence-corrected chi connectivity index (χ0v) is 11.6. The van der Waals surface area contributed by atoms with Crippen molar-refractivity contribution in [3.8, 4) is 10.6 Å². The maximum atomic E-state index is 5.79. The van der Waals surface area contributed by atoms with Crippen molar-refractivity contribution in [2.45, 2.75) is 12.4 Å². The first-order valence-corrected chi connectivity index (χ1v) is 6.85. The number of hydrogen-bond donors (Lipinski definition) is 0. The van der Waals surface area contributed by atoms with Crippen LogP contribution in [0.3, 0.4) is 0 Å². The minimum Gasteiger partial charge on any atom is -0.305 e. The van der Waals surface area contributed by atoms with E-state index < -0.39 is 0 Å². The highest BCUT2D eigenvalue weighted by molar-refractivity contribution is 7.13. The Bertz CT molecular complexity index is 494. The molecule has 0 aliphatic carbocycles. The molecular formula is C13H15ClN2S. The van der Waals surface area contributed by atoms with Crippen molar-refractivity contribution < 1.29 is 0 Å². The number of nitrogens with zero attached hydrogens (tertiary/aromatic N) is 2. The van der Waals surface area contributed by atoms with Crippen LogP contribution in [0.25, 0.3) is 10.6 Å². The van der Waals surface area contributed by atoms with Crippen molar-refractivity contribution in [3.05, 3.63) is 40.9 Å². The van der Waals surface area contributed by atoms with Crippen LogP contribution in [0.15, 0.2) is 29.6 Å². The average molecular weight is 267 g/mol. The lowest BCUT2D eigenvalue weighted by atomic mass is 10.1. The Morgan fingerprint density at radius 2 is 2.06 bits per heavy atom. The van der Waals surface area contributed by atoms with E-state index in [0.717, 1.165) is 17.2 Å². The molecule has 0 N–H and O–H groups in total. The van der Waals surface area contributed by atoms with Gasteiger partial charge in [0.2, 0.25) is 0 Å². The summed E-state index contributed by atoms with van der Waals surface area (Å²) in [6, 6.07) is 8.39. The highest BCUT2D eigenvalue weighted by atomic mass is 35.5. The number of rotatable bonds is 4. The molecule has 90 valence electrons. The van der Waals surface area contributed by atoms with Gasteiger partial charge in [0.15, 0.2) is 0 Å². The number of halogens is 1. The normalized spacial score (nSPS) is 11.1. The van der Waals surface area contributed by atoms with E-state index >= 15 is 0 Å². The van der Waals surface area contributed by atoms with Gasteiger partial charge in [-0.25, -0.2) is 4.98 Å². The lowest BCUT2D eigenvalue weighted by Gasteiger charge is -2.12. The summed E-state index contributed by atoms with van der Waals surface area (Å²) in [5, 5.41) is 3.08. The van der Waals surface area contributed by atoms with Gasteiger partial charge < -0.3 is 4.90 Å². The van der Waals surface area contributed by atoms with Crippen molar-refractivity contribution in [2.24, 2.45) is 0 Å². The molecule has 0 unspecified atom stereocenters. The summed E-state index contributed by atoms with van der Waals surface area (Å²) in [4.78, 5) is 6.70. The van der Waals surface area contributed by atoms with Gasteiger partial charge in [0.25, 0.3) is 0 Å². The summed E-state index contributed by atoms with van der Waals surface area (Å²) in [5.74, 6) is 0.479. The molecule has 0 spiro atoms. The highest BCUT2D eigenvalue weighted by Gasteiger charge is 2.09. The van der Waals surface area contributed by atoms with Gasteiger partial charge in [-0.15, -0.1) is 22.9 Å². The van der Waals surface area contributed by atoms with Crippen LogP contribution in [0.5, 0.6) is 0 Å². The summed E-state index contributed by atoms with van der Waals surface area (Å²) >= 11 is 7.44. The van der Waals surface area contributed by atoms with E-state index in [9.17, 15) is 0 Å². The largest absolute Gasteiger partial charge is 0.305 e. The highest BCUT2D eigenvalue weighted by Crippen LogP contribution is 2.28. The molecule has 4 heteroatoms. The number of alkyl halides is 1. The van der Waals surface area contributed by atoms with Crippen molar-refractivity contribution >= 4 is 22.9 Å². The van der Waals surface area contributed by atoms with Crippen LogP contribution < -0.4 is 0 Å². The zero-order valence-electron chi connectivity index (χ0n) is 9.98. The quantitative estimate of drug-likeness (QED) is 0.786. The molecule has 1 heterocycles. The third-order valence-electron chi connectivity index (χ3n) is 2.42. The van der Waals surface area contributed by atoms with Crippen LogP contribution in [-0.2, 0) is 12.4 Å². The fourth-order valence-corrected chi connectivity index (χ4v) is 2.81. The fourth-order valence-electron chi connectivity index (χ4n) is 1.70. The van der Waals surface area contributed by atoms with E-state index in [-0.39, 0.29) is 0 Å². The second-order valence-corrected chi connectivity index (χ2v) is 5.30. The number of aromatic nitrogens is 1. The lowest BCUT2D eigenvalue weighted by Crippen LogP contribution is -2.11. The predicted molar refractivity (Wildman–Crippen MR) is 74.5 cm³/mol. The standard InChI is InChI=1S/C13H15ClN2S/c1-16(2)8-10-5-3-4-6-12(10)13-15-11(7-14)9-17-13/h3-6,9H,7-8H2,1-2H3. The number of hydrogen-bond acceptors (Lipinski definition) is 3. The molecule has 0 aliphatic rings. The van der Waals surface area contributed by atoms with Gasteiger partial charge >= 0.3 is 0 Å². The minimum absolute atomic E-state index is 0.479. The molecule has 0 fully saturated rings. The molecule has 0 atom stereocenters. The van der Waals surface area contributed by atoms with Gasteiger partial charge in [0.1, 0.15) is 5.01 Å². The first kappa shape index (κ1) is 12.6. The molecule has 0 aliphatic heterocycles. The van der Waals surface area contributed by atoms with E-state index in [0.29, 0.717) is 5.88 Å². The molecule has 0 radical (unpaired) electrons. The number of thiazole rings is 1. The first-order chi connectivity index (χ1) is 8.20. The van der Waals surface area contributed by atoms with Crippen LogP contribution in [-0.4, -0.2) is 24.0 Å². The van der Waals surface area contributed by atoms with Gasteiger partial charge in [-0.05, 0) is 19.7 Å². The molecular weight excluding hydrogens is 252 g/mol. The van der Waals surface area contributed by atoms with Crippen LogP contribution in [0, 0.1) is 0 Å². The van der Waals surface area contributed by atoms with E-state index in [4.69, 9.17) is 11.6 Å². The van der Waals surface area contributed by atoms with E-state index in [1.807, 2.05) is 5.38 Å². The molecule has 0 bridgehead atoms. The third kappa shape index (κ3) is 3.06. The SMILES string of the molecule is CN(C)Cc1ccccc1-c1nc(CCl)cs1. The third-order valence-corrected chi connectivity index (χ3v) is 3.62. The van der Waals surface area contributed by atoms with Crippen LogP contribution >= 0.6 is 22.9 Å². The smallest absolute Gasteiger partial charge is 0.123 e. The number of benzene rings is 1. The van der Waals surface area contributed by atoms with E-state index in [1.54, 1.807) is 11.3 Å². The van der Waals surface area contributed by atoms with E-state index in [1.165, 1.54) is 11.1 Å². The zero-order chi connectivity index (χ0) is 12.3. The lowest BCUT2D eigenvalue weighted by molar-refractivity contribution is 0.403. The van der Waals surface area contributed by atoms with Gasteiger partial charge in [0.05, 0.1) is 11.6 Å². The summed E-state index contributed by atoms with van der Waals surface area (Å²) in [6.45, 7) is 0.923. The molecule has 0 amide bonds. The molecule has 2 nitrogen and oxygen atoms in total. The summed E-state index contributed by atoms with van der Waals surface area (Å²) in [5.41, 5.74) is 3.46. The second kappa shape index (κ2) is 5.63. The molecule has 1 aromatic heterocycles. The van der Waals surface area contributed by atoms with Crippen molar-refractivity contribution in [3.63, 3.8) is 0 Å². The van der Waals surface area contributed by atoms with Gasteiger partial charge in [-0.3, -0.25) is 0 Å². The van der Waals surface area contributed by atoms with Crippen LogP contribution in [0.2, 0.25) is 0 Å². The predicted octanol–water partition coefficient (Wildman–Crippen LogP) is 3.61. The molecule has 17 heavy (non-hydrogen) atoms. The van der Waals surface area contributed by atoms with Gasteiger partial charge in [-0.2, -0.15) is 0 Å². The van der Waals surface area contributed by atoms with E-state index in [2.05, 4.69) is 48.2 Å². The molecule has 0 saturated heterocycles. The molecule has 1 aromatic carbocycles. The monoisotopic (exact) mass is 266 g/mol. The second-order valence-electron chi connectivity index (χ2n) is 4.17.